The fourth-order valence-electron chi connectivity index (χ4n) is 3.56. The van der Waals surface area contributed by atoms with Gasteiger partial charge in [-0.3, -0.25) is 9.88 Å². The molecule has 0 bridgehead atoms. The van der Waals surface area contributed by atoms with Gasteiger partial charge < -0.3 is 25.1 Å². The standard InChI is InChI=1S/C26H23N5O2.2C2HF3O2/c1-31(2)16-32-19-8-5-7-17(13-19)18-14-21(25(27)29-15-18)26-30-23-11-6-9-20(24(23)33-26)22-10-3-4-12-28-22;2*3-2(4,5)1(6)7/h3-15H,16H2,1-2H3,(H2,27,29);2*(H,6,7). The van der Waals surface area contributed by atoms with E-state index in [9.17, 15) is 26.3 Å². The minimum absolute atomic E-state index is 0.352. The van der Waals surface area contributed by atoms with Crippen molar-refractivity contribution in [2.75, 3.05) is 26.6 Å². The molecule has 0 radical (unpaired) electrons. The lowest BCUT2D eigenvalue weighted by Crippen LogP contribution is -2.21. The number of nitrogens with two attached hydrogens (primary N) is 1. The Kier molecular flexibility index (Phi) is 11.5. The molecule has 47 heavy (non-hydrogen) atoms. The largest absolute Gasteiger partial charge is 0.490 e. The zero-order valence-electron chi connectivity index (χ0n) is 24.4. The van der Waals surface area contributed by atoms with E-state index < -0.39 is 24.3 Å². The molecule has 3 heterocycles. The van der Waals surface area contributed by atoms with Gasteiger partial charge in [0, 0.05) is 23.5 Å². The first-order valence-corrected chi connectivity index (χ1v) is 13.0. The van der Waals surface area contributed by atoms with Crippen molar-refractivity contribution in [1.29, 1.82) is 0 Å². The highest BCUT2D eigenvalue weighted by molar-refractivity contribution is 5.91. The third-order valence-corrected chi connectivity index (χ3v) is 5.65. The summed E-state index contributed by atoms with van der Waals surface area (Å²) in [7, 11) is 3.92. The number of carboxylic acid groups (broad SMARTS) is 2. The Labute approximate surface area is 261 Å². The van der Waals surface area contributed by atoms with E-state index in [1.807, 2.05) is 85.7 Å². The highest BCUT2D eigenvalue weighted by Crippen LogP contribution is 2.35. The van der Waals surface area contributed by atoms with Crippen molar-refractivity contribution in [1.82, 2.24) is 19.9 Å². The molecule has 3 aromatic heterocycles. The van der Waals surface area contributed by atoms with E-state index in [-0.39, 0.29) is 0 Å². The molecule has 0 spiro atoms. The van der Waals surface area contributed by atoms with Crippen LogP contribution in [0.1, 0.15) is 0 Å². The van der Waals surface area contributed by atoms with E-state index >= 15 is 0 Å². The number of carbonyl (C=O) groups is 2. The van der Waals surface area contributed by atoms with Gasteiger partial charge in [-0.05, 0) is 62.1 Å². The van der Waals surface area contributed by atoms with E-state index in [1.165, 1.54) is 0 Å². The van der Waals surface area contributed by atoms with Crippen molar-refractivity contribution in [2.24, 2.45) is 0 Å². The number of carboxylic acids is 2. The maximum Gasteiger partial charge on any atom is 0.490 e. The topological polar surface area (TPSA) is 165 Å². The summed E-state index contributed by atoms with van der Waals surface area (Å²) < 4.78 is 75.5. The Morgan fingerprint density at radius 2 is 1.49 bits per heavy atom. The first-order valence-electron chi connectivity index (χ1n) is 13.0. The van der Waals surface area contributed by atoms with Gasteiger partial charge in [-0.1, -0.05) is 24.3 Å². The van der Waals surface area contributed by atoms with Gasteiger partial charge >= 0.3 is 24.3 Å². The molecule has 5 aromatic rings. The second-order valence-electron chi connectivity index (χ2n) is 9.53. The number of aromatic nitrogens is 3. The second-order valence-corrected chi connectivity index (χ2v) is 9.53. The predicted octanol–water partition coefficient (Wildman–Crippen LogP) is 6.37. The van der Waals surface area contributed by atoms with E-state index in [0.29, 0.717) is 29.6 Å². The van der Waals surface area contributed by atoms with Crippen LogP contribution in [0.2, 0.25) is 0 Å². The molecular weight excluding hydrogens is 640 g/mol. The van der Waals surface area contributed by atoms with Crippen LogP contribution >= 0.6 is 0 Å². The van der Waals surface area contributed by atoms with E-state index in [2.05, 4.69) is 15.0 Å². The average molecular weight is 666 g/mol. The highest BCUT2D eigenvalue weighted by Gasteiger charge is 2.38. The van der Waals surface area contributed by atoms with Crippen LogP contribution in [0.25, 0.3) is 44.9 Å². The van der Waals surface area contributed by atoms with Crippen LogP contribution in [-0.2, 0) is 9.59 Å². The van der Waals surface area contributed by atoms with Crippen LogP contribution < -0.4 is 10.5 Å². The van der Waals surface area contributed by atoms with Crippen LogP contribution in [0.15, 0.2) is 83.5 Å². The molecule has 0 saturated carbocycles. The summed E-state index contributed by atoms with van der Waals surface area (Å²) in [6.45, 7) is 0.496. The number of benzene rings is 2. The summed E-state index contributed by atoms with van der Waals surface area (Å²) >= 11 is 0. The number of pyridine rings is 2. The molecule has 0 unspecified atom stereocenters. The second kappa shape index (κ2) is 15.0. The molecule has 0 fully saturated rings. The zero-order valence-corrected chi connectivity index (χ0v) is 24.4. The lowest BCUT2D eigenvalue weighted by molar-refractivity contribution is -0.193. The Morgan fingerprint density at radius 3 is 2.06 bits per heavy atom. The first kappa shape index (κ1) is 35.8. The fourth-order valence-corrected chi connectivity index (χ4v) is 3.56. The predicted molar refractivity (Wildman–Crippen MR) is 157 cm³/mol. The van der Waals surface area contributed by atoms with Gasteiger partial charge in [0.2, 0.25) is 5.89 Å². The van der Waals surface area contributed by atoms with Crippen LogP contribution in [-0.4, -0.2) is 75.2 Å². The summed E-state index contributed by atoms with van der Waals surface area (Å²) in [6, 6.07) is 21.4. The van der Waals surface area contributed by atoms with E-state index in [1.54, 1.807) is 12.4 Å². The highest BCUT2D eigenvalue weighted by atomic mass is 19.4. The van der Waals surface area contributed by atoms with Crippen molar-refractivity contribution in [3.8, 4) is 39.6 Å². The SMILES string of the molecule is CN(C)COc1cccc(-c2cnc(N)c(-c3nc4cccc(-c5ccccn5)c4o3)c2)c1.O=C(O)C(F)(F)F.O=C(O)C(F)(F)F. The molecule has 0 amide bonds. The first-order chi connectivity index (χ1) is 22.0. The van der Waals surface area contributed by atoms with Gasteiger partial charge in [0.1, 0.15) is 23.8 Å². The van der Waals surface area contributed by atoms with Crippen LogP contribution in [0, 0.1) is 0 Å². The number of hydrogen-bond donors (Lipinski definition) is 3. The number of rotatable bonds is 6. The van der Waals surface area contributed by atoms with Gasteiger partial charge in [-0.15, -0.1) is 0 Å². The van der Waals surface area contributed by atoms with Gasteiger partial charge in [0.15, 0.2) is 5.58 Å². The number of ether oxygens (including phenoxy) is 1. The van der Waals surface area contributed by atoms with Gasteiger partial charge in [0.25, 0.3) is 0 Å². The number of oxazole rings is 1. The minimum atomic E-state index is -5.08. The molecule has 17 heteroatoms. The molecule has 5 rings (SSSR count). The summed E-state index contributed by atoms with van der Waals surface area (Å²) in [4.78, 5) is 33.3. The van der Waals surface area contributed by atoms with Crippen molar-refractivity contribution < 1.29 is 55.3 Å². The summed E-state index contributed by atoms with van der Waals surface area (Å²) in [5.74, 6) is -3.97. The zero-order chi connectivity index (χ0) is 34.9. The fraction of sp³-hybridized carbons (Fsp3) is 0.167. The third-order valence-electron chi connectivity index (χ3n) is 5.65. The van der Waals surface area contributed by atoms with Crippen LogP contribution in [0.5, 0.6) is 5.75 Å². The molecule has 2 aromatic carbocycles. The number of alkyl halides is 6. The minimum Gasteiger partial charge on any atom is -0.478 e. The number of halogens is 6. The third kappa shape index (κ3) is 10.1. The van der Waals surface area contributed by atoms with Crippen LogP contribution in [0.4, 0.5) is 32.2 Å². The van der Waals surface area contributed by atoms with Gasteiger partial charge in [-0.25, -0.2) is 19.6 Å². The molecule has 0 aliphatic rings. The maximum atomic E-state index is 10.6. The quantitative estimate of drug-likeness (QED) is 0.136. The molecule has 0 aliphatic heterocycles. The van der Waals surface area contributed by atoms with Crippen LogP contribution in [0.3, 0.4) is 0 Å². The Bertz CT molecular complexity index is 1800. The maximum absolute atomic E-state index is 10.6. The molecule has 0 saturated heterocycles. The van der Waals surface area contributed by atoms with E-state index in [0.717, 1.165) is 33.7 Å². The number of nitrogen functional groups attached to an aromatic ring is 1. The number of anilines is 1. The average Bonchev–Trinajstić information content (AvgIpc) is 3.45. The smallest absolute Gasteiger partial charge is 0.478 e. The molecule has 4 N–H and O–H groups in total. The Balaban J connectivity index is 0.000000360. The lowest BCUT2D eigenvalue weighted by Gasteiger charge is -2.13. The molecule has 11 nitrogen and oxygen atoms in total. The molecule has 0 aliphatic carbocycles. The van der Waals surface area contributed by atoms with Crippen molar-refractivity contribution >= 4 is 28.9 Å². The summed E-state index contributed by atoms with van der Waals surface area (Å²) in [5.41, 5.74) is 11.8. The normalized spacial score (nSPS) is 11.3. The van der Waals surface area contributed by atoms with Gasteiger partial charge in [-0.2, -0.15) is 26.3 Å². The summed E-state index contributed by atoms with van der Waals surface area (Å²) in [6.07, 6.45) is -6.67. The van der Waals surface area contributed by atoms with Crippen molar-refractivity contribution in [3.63, 3.8) is 0 Å². The van der Waals surface area contributed by atoms with Gasteiger partial charge in [0.05, 0.1) is 11.3 Å². The molecule has 0 atom stereocenters. The Morgan fingerprint density at radius 1 is 0.851 bits per heavy atom. The summed E-state index contributed by atoms with van der Waals surface area (Å²) in [5, 5.41) is 14.2. The number of aliphatic carboxylic acids is 2. The van der Waals surface area contributed by atoms with Crippen molar-refractivity contribution in [3.05, 3.63) is 79.1 Å². The number of para-hydroxylation sites is 1. The number of fused-ring (bicyclic) bond motifs is 1. The lowest BCUT2D eigenvalue weighted by atomic mass is 10.1. The molecule has 248 valence electrons. The Hall–Kier alpha value is -5.71. The molecular formula is C30H25F6N5O6. The number of hydrogen-bond acceptors (Lipinski definition) is 9. The van der Waals surface area contributed by atoms with E-state index in [4.69, 9.17) is 34.7 Å². The van der Waals surface area contributed by atoms with Crippen molar-refractivity contribution in [2.45, 2.75) is 12.4 Å². The monoisotopic (exact) mass is 665 g/mol. The number of nitrogens with zero attached hydrogens (tertiary/aromatic N) is 4.